The number of carbonyl (C=O) groups excluding carboxylic acids is 13. The molecule has 1 saturated heterocycles. The van der Waals surface area contributed by atoms with Crippen LogP contribution in [0.2, 0.25) is 5.02 Å². The third-order valence-electron chi connectivity index (χ3n) is 19.7. The number of nitrogens with zero attached hydrogens (tertiary/aromatic N) is 5. The van der Waals surface area contributed by atoms with Crippen molar-refractivity contribution >= 4 is 110 Å². The molecule has 4 heterocycles. The van der Waals surface area contributed by atoms with E-state index >= 15 is 14.4 Å². The van der Waals surface area contributed by atoms with Crippen LogP contribution >= 0.6 is 11.6 Å². The number of carbonyl (C=O) groups is 13. The van der Waals surface area contributed by atoms with E-state index in [1.807, 2.05) is 70.2 Å². The van der Waals surface area contributed by atoms with Crippen LogP contribution in [0.25, 0.3) is 10.8 Å². The van der Waals surface area contributed by atoms with Gasteiger partial charge in [-0.05, 0) is 166 Å². The topological polar surface area (TPSA) is 520 Å². The van der Waals surface area contributed by atoms with Crippen LogP contribution < -0.4 is 64.2 Å². The number of aromatic nitrogens is 3. The number of likely N-dealkylation sites (tertiary alicyclic amines) is 1. The summed E-state index contributed by atoms with van der Waals surface area (Å²) in [7, 11) is -3.19. The van der Waals surface area contributed by atoms with Gasteiger partial charge in [0.25, 0.3) is 11.8 Å². The van der Waals surface area contributed by atoms with Gasteiger partial charge in [0.1, 0.15) is 60.4 Å². The zero-order chi connectivity index (χ0) is 88.0. The molecule has 13 amide bonds. The molecular weight excluding hydrogens is 1590 g/mol. The molecule has 0 unspecified atom stereocenters. The van der Waals surface area contributed by atoms with Crippen LogP contribution in [0.4, 0.5) is 0 Å². The molecule has 16 N–H and O–H groups in total. The fourth-order valence-corrected chi connectivity index (χ4v) is 13.3. The molecule has 7 rings (SSSR count). The molecule has 0 bridgehead atoms. The molecule has 10 atom stereocenters. The van der Waals surface area contributed by atoms with Crippen LogP contribution in [0.15, 0.2) is 140 Å². The van der Waals surface area contributed by atoms with E-state index in [2.05, 4.69) is 73.4 Å². The van der Waals surface area contributed by atoms with E-state index in [1.54, 1.807) is 60.7 Å². The van der Waals surface area contributed by atoms with Crippen molar-refractivity contribution < 1.29 is 85.0 Å². The average molecular weight is 1700 g/mol. The number of benzene rings is 3. The minimum Gasteiger partial charge on any atom is -0.394 e. The number of aliphatic hydroxyl groups is 1. The summed E-state index contributed by atoms with van der Waals surface area (Å²) < 4.78 is 31.6. The second-order valence-electron chi connectivity index (χ2n) is 30.0. The molecule has 35 nitrogen and oxygen atoms in total. The van der Waals surface area contributed by atoms with E-state index in [4.69, 9.17) is 34.9 Å². The number of hydrogen-bond acceptors (Lipinski definition) is 20. The molecule has 0 radical (unpaired) electrons. The molecular formula is C83H112ClN17O18S. The first-order chi connectivity index (χ1) is 57.1. The first-order valence-corrected chi connectivity index (χ1v) is 41.6. The van der Waals surface area contributed by atoms with Crippen molar-refractivity contribution in [3.63, 3.8) is 0 Å². The second-order valence-corrected chi connectivity index (χ2v) is 31.4. The predicted molar refractivity (Wildman–Crippen MR) is 447 cm³/mol. The van der Waals surface area contributed by atoms with Crippen LogP contribution in [0.3, 0.4) is 0 Å². The van der Waals surface area contributed by atoms with Crippen molar-refractivity contribution in [1.29, 1.82) is 0 Å². The van der Waals surface area contributed by atoms with Gasteiger partial charge in [0, 0.05) is 101 Å². The normalized spacial score (nSPS) is 14.7. The molecule has 6 aromatic rings. The lowest BCUT2D eigenvalue weighted by Gasteiger charge is -2.31. The monoisotopic (exact) mass is 1700 g/mol. The highest BCUT2D eigenvalue weighted by Gasteiger charge is 2.41. The molecule has 1 aliphatic heterocycles. The summed E-state index contributed by atoms with van der Waals surface area (Å²) in [5.41, 5.74) is 7.76. The third-order valence-corrected chi connectivity index (χ3v) is 19.9. The summed E-state index contributed by atoms with van der Waals surface area (Å²) in [6, 6.07) is 16.1. The highest BCUT2D eigenvalue weighted by atomic mass is 35.5. The van der Waals surface area contributed by atoms with Crippen molar-refractivity contribution in [3.8, 4) is 0 Å². The lowest BCUT2D eigenvalue weighted by Crippen LogP contribution is -2.61. The molecule has 120 heavy (non-hydrogen) atoms. The second kappa shape index (κ2) is 49.8. The fourth-order valence-electron chi connectivity index (χ4n) is 13.1. The van der Waals surface area contributed by atoms with E-state index in [1.165, 1.54) is 67.9 Å². The van der Waals surface area contributed by atoms with Gasteiger partial charge in [0.05, 0.1) is 17.7 Å². The van der Waals surface area contributed by atoms with Gasteiger partial charge in [0.15, 0.2) is 0 Å². The van der Waals surface area contributed by atoms with E-state index < -0.39 is 154 Å². The summed E-state index contributed by atoms with van der Waals surface area (Å²) in [4.78, 5) is 199. The zero-order valence-electron chi connectivity index (χ0n) is 68.4. The number of fused-ring (bicyclic) bond motifs is 1. The van der Waals surface area contributed by atoms with Crippen LogP contribution in [-0.4, -0.2) is 230 Å². The molecule has 37 heteroatoms. The number of primary amides is 1. The highest BCUT2D eigenvalue weighted by Crippen LogP contribution is 2.23. The Bertz CT molecular complexity index is 4520. The predicted octanol–water partition coefficient (Wildman–Crippen LogP) is 2.68. The lowest BCUT2D eigenvalue weighted by atomic mass is 9.99. The van der Waals surface area contributed by atoms with E-state index in [0.717, 1.165) is 16.3 Å². The Morgan fingerprint density at radius 1 is 0.525 bits per heavy atom. The highest BCUT2D eigenvalue weighted by molar-refractivity contribution is 7.79. The van der Waals surface area contributed by atoms with Crippen LogP contribution in [0.1, 0.15) is 156 Å². The molecule has 3 aromatic heterocycles. The fraction of sp³-hybridized carbons (Fsp3) is 0.470. The molecule has 1 fully saturated rings. The van der Waals surface area contributed by atoms with Crippen molar-refractivity contribution in [2.75, 3.05) is 39.8 Å². The quantitative estimate of drug-likeness (QED) is 0.0193. The zero-order valence-corrected chi connectivity index (χ0v) is 70.0. The largest absolute Gasteiger partial charge is 0.394 e. The summed E-state index contributed by atoms with van der Waals surface area (Å²) in [5, 5.41) is 44.2. The minimum absolute atomic E-state index is 0.0307. The number of likely N-dealkylation sites (N-methyl/N-ethyl adjacent to an activating group) is 1. The number of rotatable bonds is 46. The van der Waals surface area contributed by atoms with Gasteiger partial charge in [-0.25, -0.2) is 0 Å². The van der Waals surface area contributed by atoms with Crippen molar-refractivity contribution in [2.45, 2.75) is 204 Å². The van der Waals surface area contributed by atoms with Gasteiger partial charge in [-0.1, -0.05) is 100.0 Å². The number of pyridine rings is 3. The molecule has 1 aliphatic rings. The Hall–Kier alpha value is -11.4. The van der Waals surface area contributed by atoms with Gasteiger partial charge in [-0.2, -0.15) is 8.42 Å². The van der Waals surface area contributed by atoms with Crippen LogP contribution in [-0.2, 0) is 82.4 Å². The first-order valence-electron chi connectivity index (χ1n) is 39.9. The summed E-state index contributed by atoms with van der Waals surface area (Å²) in [6.45, 7) is 10.3. The Labute approximate surface area is 703 Å². The number of aliphatic hydroxyl groups excluding tert-OH is 1. The SMILES string of the molecule is CC(=O)N(C)[C@@H](Cc1ccc2ccccc2c1)C(=O)N[C@@H](Cc1ccc(Cl)cc1)C(=O)N[C@@H](Cc1cccnc1)C(=O)N[C@@H](CO)C(=O)N[C@@H](CCCCNC(=O)c1cccnc1)C(=O)N[C@@H](CCCCNC(=O)c1cccnc1)C(=O)N[C@@H](CC(C)C)C(=O)N[C@@H](CCCCNC(C)C)C(=O)N1CCC[C@H]1C(=O)N[C@H](C)C(N)=O.O=S(=O)(O)O. The molecule has 0 spiro atoms. The van der Waals surface area contributed by atoms with Gasteiger partial charge in [-0.3, -0.25) is 86.4 Å². The third kappa shape index (κ3) is 34.1. The van der Waals surface area contributed by atoms with Crippen molar-refractivity contribution in [3.05, 3.63) is 173 Å². The summed E-state index contributed by atoms with van der Waals surface area (Å²) in [5.74, 6) is -9.61. The molecule has 0 saturated carbocycles. The van der Waals surface area contributed by atoms with E-state index in [9.17, 15) is 53.1 Å². The van der Waals surface area contributed by atoms with Crippen molar-refractivity contribution in [2.24, 2.45) is 11.7 Å². The van der Waals surface area contributed by atoms with Gasteiger partial charge in [0.2, 0.25) is 65.0 Å². The Morgan fingerprint density at radius 2 is 0.983 bits per heavy atom. The number of halogens is 1. The minimum atomic E-state index is -4.67. The number of amides is 13. The van der Waals surface area contributed by atoms with Gasteiger partial charge >= 0.3 is 10.4 Å². The first kappa shape index (κ1) is 97.4. The number of nitrogens with two attached hydrogens (primary N) is 1. The standard InChI is InChI=1S/C83H110ClN17O14.H2O4S/c1-51(2)42-66(77(109)95-65(27-12-13-38-89-52(3)4)83(115)101-41-19-28-70(101)81(113)92-53(5)72(85)104)96-76(108)64(26-11-15-40-91-74(106)61-24-18-37-88-49-61)93-75(107)63(25-10-14-39-90-73(105)60-23-17-36-87-48-60)94-80(112)69(50-102)99-79(111)68(45-57-20-16-35-86-47-57)97-78(110)67(44-55-30-33-62(84)34-31-55)98-82(114)71(100(7)54(6)103)46-56-29-32-58-21-8-9-22-59(58)43-56;1-5(2,3)4/h8-9,16-18,20-24,29-37,43,47-49,51-53,63-71,89,102H,10-15,19,25-28,38-42,44-46,50H2,1-7H3,(H2,85,104)(H,90,105)(H,91,106)(H,92,113)(H,93,107)(H,94,112)(H,95,109)(H,96,108)(H,97,110)(H,98,114)(H,99,111);(H2,1,2,3,4)/t53-,63+,64+,65+,66+,67+,68+,69+,70+,71+;/m1./s1. The van der Waals surface area contributed by atoms with Gasteiger partial charge in [-0.15, -0.1) is 0 Å². The maximum Gasteiger partial charge on any atom is 0.394 e. The van der Waals surface area contributed by atoms with Crippen molar-refractivity contribution in [1.82, 2.24) is 83.2 Å². The maximum atomic E-state index is 15.2. The lowest BCUT2D eigenvalue weighted by molar-refractivity contribution is -0.142. The van der Waals surface area contributed by atoms with E-state index in [0.29, 0.717) is 47.5 Å². The maximum absolute atomic E-state index is 15.2. The summed E-state index contributed by atoms with van der Waals surface area (Å²) >= 11 is 6.29. The number of nitrogens with one attached hydrogen (secondary N) is 11. The molecule has 3 aromatic carbocycles. The Kier molecular flexibility index (Phi) is 40.4. The summed E-state index contributed by atoms with van der Waals surface area (Å²) in [6.07, 6.45) is 10.9. The molecule has 0 aliphatic carbocycles. The van der Waals surface area contributed by atoms with Crippen LogP contribution in [0.5, 0.6) is 0 Å². The van der Waals surface area contributed by atoms with E-state index in [-0.39, 0.29) is 114 Å². The Balaban J connectivity index is 0.00000433. The van der Waals surface area contributed by atoms with Gasteiger partial charge < -0.3 is 79.1 Å². The number of unbranched alkanes of at least 4 members (excludes halogenated alkanes) is 3. The molecule has 650 valence electrons. The number of hydrogen-bond donors (Lipinski definition) is 15. The Morgan fingerprint density at radius 3 is 1.49 bits per heavy atom. The average Bonchev–Trinajstić information content (AvgIpc) is 1.46. The smallest absolute Gasteiger partial charge is 0.394 e. The van der Waals surface area contributed by atoms with Crippen LogP contribution in [0, 0.1) is 5.92 Å².